The molecule has 0 atom stereocenters. The summed E-state index contributed by atoms with van der Waals surface area (Å²) >= 11 is 0. The zero-order valence-electron chi connectivity index (χ0n) is 4.77. The van der Waals surface area contributed by atoms with E-state index in [-0.39, 0.29) is 0 Å². The first-order chi connectivity index (χ1) is 3.27. The van der Waals surface area contributed by atoms with Gasteiger partial charge in [-0.25, -0.2) is 0 Å². The van der Waals surface area contributed by atoms with Crippen LogP contribution in [0.4, 0.5) is 0 Å². The van der Waals surface area contributed by atoms with Crippen LogP contribution in [0.15, 0.2) is 12.2 Å². The zero-order chi connectivity index (χ0) is 5.33. The molecule has 0 heterocycles. The first-order valence-electron chi connectivity index (χ1n) is 2.46. The molecule has 1 rings (SSSR count). The van der Waals surface area contributed by atoms with Crippen LogP contribution < -0.4 is 0 Å². The van der Waals surface area contributed by atoms with Crippen molar-refractivity contribution in [1.82, 2.24) is 0 Å². The molecule has 0 radical (unpaired) electrons. The van der Waals surface area contributed by atoms with Gasteiger partial charge in [0.25, 0.3) is 0 Å². The molecule has 0 aromatic rings. The number of hydrogen-bond donors (Lipinski definition) is 0. The van der Waals surface area contributed by atoms with E-state index < -0.39 is 0 Å². The van der Waals surface area contributed by atoms with Gasteiger partial charge in [-0.05, 0) is 0 Å². The summed E-state index contributed by atoms with van der Waals surface area (Å²) in [6, 6.07) is 0. The third-order valence-corrected chi connectivity index (χ3v) is 1.19. The molecule has 40 valence electrons. The van der Waals surface area contributed by atoms with Crippen LogP contribution in [0.5, 0.6) is 0 Å². The van der Waals surface area contributed by atoms with Crippen LogP contribution >= 0.6 is 0 Å². The Labute approximate surface area is 44.0 Å². The number of methoxy groups -OCH3 is 1. The van der Waals surface area contributed by atoms with Gasteiger partial charge in [0.1, 0.15) is 0 Å². The standard InChI is InChI=1S/C6H10O/c1-6(3-4-6)5-7-2/h3-4H,5H2,1-2H3. The Morgan fingerprint density at radius 1 is 1.57 bits per heavy atom. The smallest absolute Gasteiger partial charge is 0.0585 e. The van der Waals surface area contributed by atoms with Gasteiger partial charge in [-0.15, -0.1) is 0 Å². The fraction of sp³-hybridized carbons (Fsp3) is 0.667. The predicted molar refractivity (Wildman–Crippen MR) is 29.1 cm³/mol. The van der Waals surface area contributed by atoms with Crippen molar-refractivity contribution in [2.24, 2.45) is 5.41 Å². The van der Waals surface area contributed by atoms with Gasteiger partial charge in [0.05, 0.1) is 6.61 Å². The molecule has 0 fully saturated rings. The van der Waals surface area contributed by atoms with Crippen LogP contribution in [-0.2, 0) is 4.74 Å². The molecule has 0 amide bonds. The van der Waals surface area contributed by atoms with Gasteiger partial charge in [-0.1, -0.05) is 19.1 Å². The maximum absolute atomic E-state index is 4.91. The minimum Gasteiger partial charge on any atom is -0.383 e. The molecular formula is C6H10O. The van der Waals surface area contributed by atoms with Crippen LogP contribution in [0.25, 0.3) is 0 Å². The molecule has 1 heteroatoms. The highest BCUT2D eigenvalue weighted by atomic mass is 16.5. The summed E-state index contributed by atoms with van der Waals surface area (Å²) in [7, 11) is 1.73. The van der Waals surface area contributed by atoms with Gasteiger partial charge < -0.3 is 4.74 Å². The van der Waals surface area contributed by atoms with E-state index in [2.05, 4.69) is 19.1 Å². The van der Waals surface area contributed by atoms with Crippen LogP contribution in [0.2, 0.25) is 0 Å². The topological polar surface area (TPSA) is 9.23 Å². The van der Waals surface area contributed by atoms with E-state index in [0.29, 0.717) is 5.41 Å². The monoisotopic (exact) mass is 98.1 g/mol. The van der Waals surface area contributed by atoms with E-state index in [1.807, 2.05) is 0 Å². The highest BCUT2D eigenvalue weighted by Crippen LogP contribution is 2.32. The average molecular weight is 98.1 g/mol. The summed E-state index contributed by atoms with van der Waals surface area (Å²) < 4.78 is 4.91. The SMILES string of the molecule is COCC1(C)C=C1. The van der Waals surface area contributed by atoms with Crippen LogP contribution in [0.3, 0.4) is 0 Å². The molecule has 7 heavy (non-hydrogen) atoms. The van der Waals surface area contributed by atoms with E-state index in [9.17, 15) is 0 Å². The van der Waals surface area contributed by atoms with Crippen molar-refractivity contribution >= 4 is 0 Å². The summed E-state index contributed by atoms with van der Waals surface area (Å²) in [6.45, 7) is 2.99. The third-order valence-electron chi connectivity index (χ3n) is 1.19. The van der Waals surface area contributed by atoms with Gasteiger partial charge >= 0.3 is 0 Å². The Hall–Kier alpha value is -0.300. The van der Waals surface area contributed by atoms with Crippen molar-refractivity contribution in [3.8, 4) is 0 Å². The van der Waals surface area contributed by atoms with Gasteiger partial charge in [0.15, 0.2) is 0 Å². The van der Waals surface area contributed by atoms with Crippen molar-refractivity contribution in [3.63, 3.8) is 0 Å². The molecule has 0 spiro atoms. The molecular weight excluding hydrogens is 88.1 g/mol. The molecule has 0 aliphatic heterocycles. The Bertz CT molecular complexity index is 88.4. The fourth-order valence-electron chi connectivity index (χ4n) is 0.549. The largest absolute Gasteiger partial charge is 0.383 e. The van der Waals surface area contributed by atoms with Crippen molar-refractivity contribution in [3.05, 3.63) is 12.2 Å². The molecule has 0 bridgehead atoms. The maximum Gasteiger partial charge on any atom is 0.0585 e. The molecule has 1 aliphatic carbocycles. The van der Waals surface area contributed by atoms with Crippen LogP contribution in [0.1, 0.15) is 6.92 Å². The molecule has 0 aromatic heterocycles. The lowest BCUT2D eigenvalue weighted by Gasteiger charge is -2.03. The lowest BCUT2D eigenvalue weighted by atomic mass is 10.1. The summed E-state index contributed by atoms with van der Waals surface area (Å²) in [6.07, 6.45) is 4.30. The average Bonchev–Trinajstić information content (AvgIpc) is 2.22. The summed E-state index contributed by atoms with van der Waals surface area (Å²) in [5, 5.41) is 0. The van der Waals surface area contributed by atoms with E-state index >= 15 is 0 Å². The van der Waals surface area contributed by atoms with Gasteiger partial charge in [0, 0.05) is 12.5 Å². The van der Waals surface area contributed by atoms with Gasteiger partial charge in [-0.3, -0.25) is 0 Å². The van der Waals surface area contributed by atoms with Crippen molar-refractivity contribution in [1.29, 1.82) is 0 Å². The quantitative estimate of drug-likeness (QED) is 0.472. The highest BCUT2D eigenvalue weighted by Gasteiger charge is 2.26. The zero-order valence-corrected chi connectivity index (χ0v) is 4.77. The molecule has 0 aromatic carbocycles. The second-order valence-corrected chi connectivity index (χ2v) is 2.27. The van der Waals surface area contributed by atoms with Gasteiger partial charge in [-0.2, -0.15) is 0 Å². The van der Waals surface area contributed by atoms with E-state index in [0.717, 1.165) is 6.61 Å². The normalized spacial score (nSPS) is 22.6. The van der Waals surface area contributed by atoms with Crippen molar-refractivity contribution < 1.29 is 4.74 Å². The second-order valence-electron chi connectivity index (χ2n) is 2.27. The molecule has 1 aliphatic rings. The number of ether oxygens (including phenoxy) is 1. The Kier molecular flexibility index (Phi) is 0.927. The summed E-state index contributed by atoms with van der Waals surface area (Å²) in [4.78, 5) is 0. The van der Waals surface area contributed by atoms with E-state index in [4.69, 9.17) is 4.74 Å². The minimum absolute atomic E-state index is 0.328. The Balaban J connectivity index is 2.16. The first-order valence-corrected chi connectivity index (χ1v) is 2.46. The third kappa shape index (κ3) is 1.03. The van der Waals surface area contributed by atoms with E-state index in [1.165, 1.54) is 0 Å². The Morgan fingerprint density at radius 2 is 2.14 bits per heavy atom. The fourth-order valence-corrected chi connectivity index (χ4v) is 0.549. The molecule has 0 unspecified atom stereocenters. The van der Waals surface area contributed by atoms with Crippen molar-refractivity contribution in [2.75, 3.05) is 13.7 Å². The van der Waals surface area contributed by atoms with Crippen LogP contribution in [-0.4, -0.2) is 13.7 Å². The minimum atomic E-state index is 0.328. The molecule has 0 saturated carbocycles. The Morgan fingerprint density at radius 3 is 2.29 bits per heavy atom. The number of rotatable bonds is 2. The highest BCUT2D eigenvalue weighted by molar-refractivity contribution is 5.23. The lowest BCUT2D eigenvalue weighted by Crippen LogP contribution is -2.03. The molecule has 0 N–H and O–H groups in total. The second kappa shape index (κ2) is 1.34. The van der Waals surface area contributed by atoms with Crippen molar-refractivity contribution in [2.45, 2.75) is 6.92 Å². The summed E-state index contributed by atoms with van der Waals surface area (Å²) in [5.41, 5.74) is 0.328. The molecule has 1 nitrogen and oxygen atoms in total. The predicted octanol–water partition coefficient (Wildman–Crippen LogP) is 1.21. The first kappa shape index (κ1) is 4.85. The summed E-state index contributed by atoms with van der Waals surface area (Å²) in [5.74, 6) is 0. The molecule has 0 saturated heterocycles. The maximum atomic E-state index is 4.91. The van der Waals surface area contributed by atoms with E-state index in [1.54, 1.807) is 7.11 Å². The van der Waals surface area contributed by atoms with Crippen LogP contribution in [0, 0.1) is 5.41 Å². The lowest BCUT2D eigenvalue weighted by molar-refractivity contribution is 0.161. The number of hydrogen-bond acceptors (Lipinski definition) is 1. The van der Waals surface area contributed by atoms with Gasteiger partial charge in [0.2, 0.25) is 0 Å².